The number of nitrogens with one attached hydrogen (secondary N) is 2. The first-order valence-corrected chi connectivity index (χ1v) is 7.91. The smallest absolute Gasteiger partial charge is 0.276 e. The van der Waals surface area contributed by atoms with Gasteiger partial charge in [-0.15, -0.1) is 0 Å². The molecule has 26 heavy (non-hydrogen) atoms. The summed E-state index contributed by atoms with van der Waals surface area (Å²) in [5.74, 6) is -0.846. The molecule has 7 heteroatoms. The first-order chi connectivity index (χ1) is 12.4. The van der Waals surface area contributed by atoms with Crippen LogP contribution in [0.3, 0.4) is 0 Å². The van der Waals surface area contributed by atoms with Gasteiger partial charge in [0.2, 0.25) is 5.91 Å². The lowest BCUT2D eigenvalue weighted by Crippen LogP contribution is -2.13. The van der Waals surface area contributed by atoms with Gasteiger partial charge in [0.25, 0.3) is 5.91 Å². The van der Waals surface area contributed by atoms with Gasteiger partial charge in [-0.1, -0.05) is 0 Å². The minimum atomic E-state index is -0.360. The molecule has 1 heterocycles. The van der Waals surface area contributed by atoms with E-state index in [0.717, 1.165) is 5.56 Å². The summed E-state index contributed by atoms with van der Waals surface area (Å²) in [5, 5.41) is 9.62. The molecule has 0 saturated carbocycles. The molecule has 0 aliphatic carbocycles. The van der Waals surface area contributed by atoms with Crippen molar-refractivity contribution in [1.82, 2.24) is 9.78 Å². The number of aromatic nitrogens is 2. The van der Waals surface area contributed by atoms with E-state index < -0.39 is 0 Å². The second kappa shape index (κ2) is 7.18. The Labute approximate surface area is 149 Å². The van der Waals surface area contributed by atoms with Crippen LogP contribution in [0, 0.1) is 5.82 Å². The SMILES string of the molecule is CC(=O)Nc1ccc(NC(=O)c2cc(-c3ccc(F)cc3)n(C)n2)cc1. The summed E-state index contributed by atoms with van der Waals surface area (Å²) in [6, 6.07) is 14.4. The first-order valence-electron chi connectivity index (χ1n) is 7.91. The molecule has 6 nitrogen and oxygen atoms in total. The number of hydrogen-bond acceptors (Lipinski definition) is 3. The van der Waals surface area contributed by atoms with Gasteiger partial charge in [0.15, 0.2) is 5.69 Å². The number of nitrogens with zero attached hydrogens (tertiary/aromatic N) is 2. The van der Waals surface area contributed by atoms with Gasteiger partial charge in [-0.2, -0.15) is 5.10 Å². The summed E-state index contributed by atoms with van der Waals surface area (Å²) in [5.41, 5.74) is 2.94. The van der Waals surface area contributed by atoms with Gasteiger partial charge >= 0.3 is 0 Å². The van der Waals surface area contributed by atoms with Crippen molar-refractivity contribution in [1.29, 1.82) is 0 Å². The third-order valence-electron chi connectivity index (χ3n) is 3.72. The number of carbonyl (C=O) groups is 2. The van der Waals surface area contributed by atoms with Gasteiger partial charge in [0.1, 0.15) is 5.82 Å². The van der Waals surface area contributed by atoms with Gasteiger partial charge in [-0.05, 0) is 60.2 Å². The van der Waals surface area contributed by atoms with E-state index in [-0.39, 0.29) is 23.3 Å². The second-order valence-corrected chi connectivity index (χ2v) is 5.76. The van der Waals surface area contributed by atoms with Crippen LogP contribution in [0.5, 0.6) is 0 Å². The van der Waals surface area contributed by atoms with Crippen LogP contribution in [-0.4, -0.2) is 21.6 Å². The third kappa shape index (κ3) is 3.94. The van der Waals surface area contributed by atoms with Crippen molar-refractivity contribution >= 4 is 23.2 Å². The fourth-order valence-corrected chi connectivity index (χ4v) is 2.50. The fraction of sp³-hybridized carbons (Fsp3) is 0.105. The van der Waals surface area contributed by atoms with Crippen LogP contribution in [0.1, 0.15) is 17.4 Å². The standard InChI is InChI=1S/C19H17FN4O2/c1-12(25)21-15-7-9-16(10-8-15)22-19(26)17-11-18(24(2)23-17)13-3-5-14(20)6-4-13/h3-11H,1-2H3,(H,21,25)(H,22,26). The molecule has 0 aliphatic heterocycles. The van der Waals surface area contributed by atoms with Crippen molar-refractivity contribution in [3.8, 4) is 11.3 Å². The molecule has 0 radical (unpaired) electrons. The number of hydrogen-bond donors (Lipinski definition) is 2. The van der Waals surface area contributed by atoms with Crippen molar-refractivity contribution in [2.45, 2.75) is 6.92 Å². The second-order valence-electron chi connectivity index (χ2n) is 5.76. The van der Waals surface area contributed by atoms with Crippen LogP contribution in [0.4, 0.5) is 15.8 Å². The van der Waals surface area contributed by atoms with E-state index in [2.05, 4.69) is 15.7 Å². The van der Waals surface area contributed by atoms with Gasteiger partial charge < -0.3 is 10.6 Å². The highest BCUT2D eigenvalue weighted by Gasteiger charge is 2.14. The highest BCUT2D eigenvalue weighted by molar-refractivity contribution is 6.03. The molecule has 0 aliphatic rings. The Morgan fingerprint density at radius 3 is 2.12 bits per heavy atom. The molecular formula is C19H17FN4O2. The Morgan fingerprint density at radius 2 is 1.54 bits per heavy atom. The van der Waals surface area contributed by atoms with E-state index in [0.29, 0.717) is 17.1 Å². The van der Waals surface area contributed by atoms with Gasteiger partial charge in [0.05, 0.1) is 5.69 Å². The minimum absolute atomic E-state index is 0.163. The van der Waals surface area contributed by atoms with Gasteiger partial charge in [-0.25, -0.2) is 4.39 Å². The maximum Gasteiger partial charge on any atom is 0.276 e. The van der Waals surface area contributed by atoms with E-state index in [1.54, 1.807) is 54.2 Å². The Balaban J connectivity index is 1.75. The quantitative estimate of drug-likeness (QED) is 0.755. The van der Waals surface area contributed by atoms with E-state index in [1.165, 1.54) is 19.1 Å². The molecule has 0 spiro atoms. The maximum absolute atomic E-state index is 13.1. The molecule has 0 fully saturated rings. The van der Waals surface area contributed by atoms with Crippen LogP contribution in [0.25, 0.3) is 11.3 Å². The minimum Gasteiger partial charge on any atom is -0.326 e. The lowest BCUT2D eigenvalue weighted by atomic mass is 10.1. The van der Waals surface area contributed by atoms with Crippen molar-refractivity contribution in [3.63, 3.8) is 0 Å². The molecule has 3 rings (SSSR count). The van der Waals surface area contributed by atoms with Gasteiger partial charge in [-0.3, -0.25) is 14.3 Å². The number of aryl methyl sites for hydroxylation is 1. The van der Waals surface area contributed by atoms with Crippen LogP contribution < -0.4 is 10.6 Å². The molecule has 132 valence electrons. The predicted molar refractivity (Wildman–Crippen MR) is 97.3 cm³/mol. The molecule has 3 aromatic rings. The Kier molecular flexibility index (Phi) is 4.79. The average Bonchev–Trinajstić information content (AvgIpc) is 2.99. The lowest BCUT2D eigenvalue weighted by molar-refractivity contribution is -0.114. The van der Waals surface area contributed by atoms with E-state index in [4.69, 9.17) is 0 Å². The molecule has 2 amide bonds. The number of amides is 2. The summed E-state index contributed by atoms with van der Waals surface area (Å²) < 4.78 is 14.6. The predicted octanol–water partition coefficient (Wildman–Crippen LogP) is 3.44. The van der Waals surface area contributed by atoms with Crippen molar-refractivity contribution in [3.05, 3.63) is 66.1 Å². The fourth-order valence-electron chi connectivity index (χ4n) is 2.50. The molecule has 0 bridgehead atoms. The number of rotatable bonds is 4. The Morgan fingerprint density at radius 1 is 0.962 bits per heavy atom. The molecular weight excluding hydrogens is 335 g/mol. The van der Waals surface area contributed by atoms with Gasteiger partial charge in [0, 0.05) is 25.3 Å². The number of halogens is 1. The van der Waals surface area contributed by atoms with Crippen LogP contribution >= 0.6 is 0 Å². The lowest BCUT2D eigenvalue weighted by Gasteiger charge is -2.05. The Hall–Kier alpha value is -3.48. The third-order valence-corrected chi connectivity index (χ3v) is 3.72. The first kappa shape index (κ1) is 17.3. The zero-order chi connectivity index (χ0) is 18.7. The van der Waals surface area contributed by atoms with Crippen LogP contribution in [-0.2, 0) is 11.8 Å². The van der Waals surface area contributed by atoms with Crippen molar-refractivity contribution < 1.29 is 14.0 Å². The van der Waals surface area contributed by atoms with Crippen LogP contribution in [0.2, 0.25) is 0 Å². The molecule has 0 atom stereocenters. The summed E-state index contributed by atoms with van der Waals surface area (Å²) in [4.78, 5) is 23.4. The summed E-state index contributed by atoms with van der Waals surface area (Å²) >= 11 is 0. The molecule has 0 unspecified atom stereocenters. The zero-order valence-electron chi connectivity index (χ0n) is 14.3. The normalized spacial score (nSPS) is 10.4. The monoisotopic (exact) mass is 352 g/mol. The topological polar surface area (TPSA) is 76.0 Å². The highest BCUT2D eigenvalue weighted by atomic mass is 19.1. The molecule has 0 saturated heterocycles. The summed E-state index contributed by atoms with van der Waals surface area (Å²) in [6.45, 7) is 1.43. The number of benzene rings is 2. The average molecular weight is 352 g/mol. The van der Waals surface area contributed by atoms with Crippen LogP contribution in [0.15, 0.2) is 54.6 Å². The zero-order valence-corrected chi connectivity index (χ0v) is 14.3. The molecule has 2 aromatic carbocycles. The highest BCUT2D eigenvalue weighted by Crippen LogP contribution is 2.21. The largest absolute Gasteiger partial charge is 0.326 e. The summed E-state index contributed by atoms with van der Waals surface area (Å²) in [6.07, 6.45) is 0. The summed E-state index contributed by atoms with van der Waals surface area (Å²) in [7, 11) is 1.72. The van der Waals surface area contributed by atoms with E-state index in [1.807, 2.05) is 0 Å². The molecule has 2 N–H and O–H groups in total. The Bertz CT molecular complexity index is 947. The number of carbonyl (C=O) groups excluding carboxylic acids is 2. The van der Waals surface area contributed by atoms with E-state index in [9.17, 15) is 14.0 Å². The number of anilines is 2. The molecule has 1 aromatic heterocycles. The maximum atomic E-state index is 13.1. The van der Waals surface area contributed by atoms with E-state index >= 15 is 0 Å². The van der Waals surface area contributed by atoms with Crippen molar-refractivity contribution in [2.75, 3.05) is 10.6 Å². The van der Waals surface area contributed by atoms with Crippen molar-refractivity contribution in [2.24, 2.45) is 7.05 Å².